The van der Waals surface area contributed by atoms with E-state index in [-0.39, 0.29) is 5.54 Å². The molecular formula is C23H24N2O2. The van der Waals surface area contributed by atoms with Crippen LogP contribution in [-0.2, 0) is 9.53 Å². The van der Waals surface area contributed by atoms with Crippen LogP contribution >= 0.6 is 0 Å². The lowest BCUT2D eigenvalue weighted by Gasteiger charge is -2.45. The lowest BCUT2D eigenvalue weighted by Crippen LogP contribution is -2.45. The predicted octanol–water partition coefficient (Wildman–Crippen LogP) is 4.75. The quantitative estimate of drug-likeness (QED) is 0.573. The fourth-order valence-electron chi connectivity index (χ4n) is 3.96. The second-order valence-electron chi connectivity index (χ2n) is 8.00. The van der Waals surface area contributed by atoms with Crippen LogP contribution in [0.15, 0.2) is 59.2 Å². The summed E-state index contributed by atoms with van der Waals surface area (Å²) < 4.78 is 5.34. The van der Waals surface area contributed by atoms with E-state index in [4.69, 9.17) is 4.74 Å². The Labute approximate surface area is 160 Å². The maximum Gasteiger partial charge on any atom is 0.363 e. The molecule has 2 aliphatic rings. The van der Waals surface area contributed by atoms with Crippen LogP contribution in [0.1, 0.15) is 49.8 Å². The van der Waals surface area contributed by atoms with E-state index >= 15 is 0 Å². The smallest absolute Gasteiger partial charge is 0.363 e. The van der Waals surface area contributed by atoms with Crippen molar-refractivity contribution in [2.24, 2.45) is 4.99 Å². The molecule has 2 heterocycles. The molecule has 4 heteroatoms. The number of ether oxygens (including phenoxy) is 1. The molecule has 0 spiro atoms. The fourth-order valence-corrected chi connectivity index (χ4v) is 3.96. The van der Waals surface area contributed by atoms with Crippen LogP contribution in [0.5, 0.6) is 0 Å². The first-order valence-electron chi connectivity index (χ1n) is 9.31. The summed E-state index contributed by atoms with van der Waals surface area (Å²) in [6.45, 7) is 6.81. The number of carbonyl (C=O) groups is 1. The van der Waals surface area contributed by atoms with Gasteiger partial charge in [0.05, 0.1) is 0 Å². The molecule has 138 valence electrons. The van der Waals surface area contributed by atoms with Crippen molar-refractivity contribution in [3.05, 3.63) is 70.9 Å². The summed E-state index contributed by atoms with van der Waals surface area (Å²) >= 11 is 0. The molecule has 0 saturated carbocycles. The summed E-state index contributed by atoms with van der Waals surface area (Å²) in [5.41, 5.74) is 4.81. The van der Waals surface area contributed by atoms with Crippen molar-refractivity contribution >= 4 is 23.6 Å². The van der Waals surface area contributed by atoms with Gasteiger partial charge in [-0.1, -0.05) is 31.2 Å². The van der Waals surface area contributed by atoms with Gasteiger partial charge < -0.3 is 9.64 Å². The van der Waals surface area contributed by atoms with Gasteiger partial charge in [0.25, 0.3) is 0 Å². The number of benzene rings is 2. The van der Waals surface area contributed by atoms with Gasteiger partial charge in [0.2, 0.25) is 5.90 Å². The van der Waals surface area contributed by atoms with E-state index in [1.165, 1.54) is 11.3 Å². The highest BCUT2D eigenvalue weighted by Gasteiger charge is 2.34. The molecule has 2 aliphatic heterocycles. The molecule has 0 aromatic heterocycles. The Morgan fingerprint density at radius 2 is 1.93 bits per heavy atom. The number of cyclic esters (lactones) is 1. The van der Waals surface area contributed by atoms with Crippen molar-refractivity contribution in [2.45, 2.75) is 38.6 Å². The van der Waals surface area contributed by atoms with E-state index in [1.54, 1.807) is 0 Å². The molecule has 1 atom stereocenters. The zero-order valence-corrected chi connectivity index (χ0v) is 16.2. The number of hydrogen-bond donors (Lipinski definition) is 0. The van der Waals surface area contributed by atoms with Gasteiger partial charge in [-0.3, -0.25) is 0 Å². The van der Waals surface area contributed by atoms with E-state index in [2.05, 4.69) is 49.8 Å². The first-order valence-corrected chi connectivity index (χ1v) is 9.31. The Kier molecular flexibility index (Phi) is 4.14. The van der Waals surface area contributed by atoms with Crippen molar-refractivity contribution in [3.8, 4) is 0 Å². The average molecular weight is 360 g/mol. The minimum absolute atomic E-state index is 0.135. The van der Waals surface area contributed by atoms with E-state index in [0.717, 1.165) is 17.5 Å². The number of hydrogen-bond acceptors (Lipinski definition) is 4. The van der Waals surface area contributed by atoms with Gasteiger partial charge in [0.15, 0.2) is 5.70 Å². The van der Waals surface area contributed by atoms with Crippen LogP contribution in [-0.4, -0.2) is 24.5 Å². The number of aliphatic imine (C=N–C) groups is 1. The Hall–Kier alpha value is -2.88. The van der Waals surface area contributed by atoms with Gasteiger partial charge >= 0.3 is 5.97 Å². The van der Waals surface area contributed by atoms with Gasteiger partial charge in [-0.25, -0.2) is 9.79 Å². The third-order valence-electron chi connectivity index (χ3n) is 5.60. The minimum atomic E-state index is -0.405. The molecule has 0 fully saturated rings. The molecular weight excluding hydrogens is 336 g/mol. The average Bonchev–Trinajstić information content (AvgIpc) is 3.01. The maximum atomic E-state index is 12.2. The van der Waals surface area contributed by atoms with E-state index < -0.39 is 5.97 Å². The van der Waals surface area contributed by atoms with Crippen LogP contribution in [0, 0.1) is 0 Å². The monoisotopic (exact) mass is 360 g/mol. The maximum absolute atomic E-state index is 12.2. The first kappa shape index (κ1) is 17.5. The third-order valence-corrected chi connectivity index (χ3v) is 5.60. The van der Waals surface area contributed by atoms with Gasteiger partial charge in [-0.2, -0.15) is 0 Å². The Bertz CT molecular complexity index is 958. The predicted molar refractivity (Wildman–Crippen MR) is 109 cm³/mol. The van der Waals surface area contributed by atoms with Crippen LogP contribution in [0.4, 0.5) is 5.69 Å². The fraction of sp³-hybridized carbons (Fsp3) is 0.304. The third kappa shape index (κ3) is 3.16. The molecule has 27 heavy (non-hydrogen) atoms. The summed E-state index contributed by atoms with van der Waals surface area (Å²) in [5.74, 6) is 0.418. The van der Waals surface area contributed by atoms with Crippen molar-refractivity contribution < 1.29 is 9.53 Å². The number of fused-ring (bicyclic) bond motifs is 1. The SMILES string of the molecule is CC1CC(C)(C)N(C)c2ccc(C=C3N=C(c4ccccc4)OC3=O)cc21. The van der Waals surface area contributed by atoms with Crippen LogP contribution in [0.25, 0.3) is 6.08 Å². The molecule has 4 nitrogen and oxygen atoms in total. The minimum Gasteiger partial charge on any atom is -0.402 e. The highest BCUT2D eigenvalue weighted by molar-refractivity contribution is 6.12. The standard InChI is InChI=1S/C23H24N2O2/c1-15-14-23(2,3)25(4)20-11-10-16(12-18(15)20)13-19-22(26)27-21(24-19)17-8-6-5-7-9-17/h5-13,15H,14H2,1-4H3. The van der Waals surface area contributed by atoms with Crippen LogP contribution < -0.4 is 4.90 Å². The van der Waals surface area contributed by atoms with Crippen molar-refractivity contribution in [3.63, 3.8) is 0 Å². The van der Waals surface area contributed by atoms with E-state index in [0.29, 0.717) is 17.5 Å². The van der Waals surface area contributed by atoms with Gasteiger partial charge in [0, 0.05) is 23.8 Å². The lowest BCUT2D eigenvalue weighted by atomic mass is 9.80. The number of rotatable bonds is 2. The zero-order valence-electron chi connectivity index (χ0n) is 16.2. The summed E-state index contributed by atoms with van der Waals surface area (Å²) in [6.07, 6.45) is 2.90. The van der Waals surface area contributed by atoms with Crippen LogP contribution in [0.3, 0.4) is 0 Å². The highest BCUT2D eigenvalue weighted by Crippen LogP contribution is 2.42. The van der Waals surface area contributed by atoms with Crippen LogP contribution in [0.2, 0.25) is 0 Å². The molecule has 0 saturated heterocycles. The lowest BCUT2D eigenvalue weighted by molar-refractivity contribution is -0.129. The second kappa shape index (κ2) is 6.38. The Balaban J connectivity index is 1.68. The largest absolute Gasteiger partial charge is 0.402 e. The number of esters is 1. The van der Waals surface area contributed by atoms with Gasteiger partial charge in [0.1, 0.15) is 0 Å². The topological polar surface area (TPSA) is 41.9 Å². The van der Waals surface area contributed by atoms with Gasteiger partial charge in [-0.15, -0.1) is 0 Å². The normalized spacial score (nSPS) is 22.4. The molecule has 0 bridgehead atoms. The van der Waals surface area contributed by atoms with Crippen molar-refractivity contribution in [1.82, 2.24) is 0 Å². The molecule has 2 aromatic carbocycles. The van der Waals surface area contributed by atoms with Crippen molar-refractivity contribution in [1.29, 1.82) is 0 Å². The highest BCUT2D eigenvalue weighted by atomic mass is 16.6. The molecule has 4 rings (SSSR count). The molecule has 1 unspecified atom stereocenters. The molecule has 2 aromatic rings. The first-order chi connectivity index (χ1) is 12.8. The molecule has 0 N–H and O–H groups in total. The van der Waals surface area contributed by atoms with E-state index in [9.17, 15) is 4.79 Å². The zero-order chi connectivity index (χ0) is 19.2. The number of anilines is 1. The summed E-state index contributed by atoms with van der Waals surface area (Å²) in [4.78, 5) is 19.0. The van der Waals surface area contributed by atoms with E-state index in [1.807, 2.05) is 42.5 Å². The van der Waals surface area contributed by atoms with Gasteiger partial charge in [-0.05, 0) is 67.7 Å². The Morgan fingerprint density at radius 3 is 2.67 bits per heavy atom. The number of carbonyl (C=O) groups excluding carboxylic acids is 1. The second-order valence-corrected chi connectivity index (χ2v) is 8.00. The Morgan fingerprint density at radius 1 is 1.19 bits per heavy atom. The summed E-state index contributed by atoms with van der Waals surface area (Å²) in [7, 11) is 2.15. The summed E-state index contributed by atoms with van der Waals surface area (Å²) in [5, 5.41) is 0. The molecule has 0 amide bonds. The van der Waals surface area contributed by atoms with Crippen molar-refractivity contribution in [2.75, 3.05) is 11.9 Å². The number of nitrogens with zero attached hydrogens (tertiary/aromatic N) is 2. The molecule has 0 radical (unpaired) electrons. The molecule has 0 aliphatic carbocycles. The summed E-state index contributed by atoms with van der Waals surface area (Å²) in [6, 6.07) is 15.8.